The summed E-state index contributed by atoms with van der Waals surface area (Å²) in [6, 6.07) is 19.2. The Kier molecular flexibility index (Phi) is 8.20. The number of rotatable bonds is 8. The third kappa shape index (κ3) is 6.42. The molecular weight excluding hydrogens is 463 g/mol. The molecule has 1 N–H and O–H groups in total. The van der Waals surface area contributed by atoms with Crippen molar-refractivity contribution in [2.45, 2.75) is 6.61 Å². The van der Waals surface area contributed by atoms with Gasteiger partial charge in [0.1, 0.15) is 24.0 Å². The third-order valence-electron chi connectivity index (χ3n) is 4.55. The standard InChI is InChI=1S/C25H20Cl2N2O4/c1-31-21-8-6-20(7-9-21)29-25(30)18(14-28)10-17-12-22(27)24(23(13-17)32-2)33-15-16-4-3-5-19(26)11-16/h3-13H,15H2,1-2H3,(H,29,30)/b18-10+. The lowest BCUT2D eigenvalue weighted by Crippen LogP contribution is -2.13. The van der Waals surface area contributed by atoms with Gasteiger partial charge >= 0.3 is 0 Å². The monoisotopic (exact) mass is 482 g/mol. The van der Waals surface area contributed by atoms with E-state index < -0.39 is 5.91 Å². The largest absolute Gasteiger partial charge is 0.497 e. The Balaban J connectivity index is 1.79. The van der Waals surface area contributed by atoms with Crippen LogP contribution in [0.1, 0.15) is 11.1 Å². The Morgan fingerprint density at radius 2 is 1.82 bits per heavy atom. The highest BCUT2D eigenvalue weighted by Crippen LogP contribution is 2.37. The molecule has 3 aromatic carbocycles. The van der Waals surface area contributed by atoms with E-state index in [1.54, 1.807) is 55.6 Å². The fourth-order valence-corrected chi connectivity index (χ4v) is 3.42. The minimum Gasteiger partial charge on any atom is -0.497 e. The fourth-order valence-electron chi connectivity index (χ4n) is 2.93. The van der Waals surface area contributed by atoms with Gasteiger partial charge in [-0.3, -0.25) is 4.79 Å². The number of benzene rings is 3. The van der Waals surface area contributed by atoms with Crippen molar-refractivity contribution in [2.24, 2.45) is 0 Å². The van der Waals surface area contributed by atoms with Gasteiger partial charge in [0.05, 0.1) is 19.2 Å². The zero-order valence-corrected chi connectivity index (χ0v) is 19.4. The van der Waals surface area contributed by atoms with Gasteiger partial charge in [0.15, 0.2) is 11.5 Å². The fraction of sp³-hybridized carbons (Fsp3) is 0.120. The molecule has 0 saturated carbocycles. The molecule has 8 heteroatoms. The summed E-state index contributed by atoms with van der Waals surface area (Å²) in [7, 11) is 3.03. The van der Waals surface area contributed by atoms with Crippen molar-refractivity contribution >= 4 is 40.9 Å². The highest BCUT2D eigenvalue weighted by molar-refractivity contribution is 6.32. The van der Waals surface area contributed by atoms with Gasteiger partial charge in [-0.1, -0.05) is 35.3 Å². The molecule has 0 saturated heterocycles. The average Bonchev–Trinajstić information content (AvgIpc) is 2.82. The molecule has 1 amide bonds. The van der Waals surface area contributed by atoms with Gasteiger partial charge in [-0.15, -0.1) is 0 Å². The van der Waals surface area contributed by atoms with E-state index in [0.717, 1.165) is 5.56 Å². The predicted octanol–water partition coefficient (Wildman–Crippen LogP) is 6.14. The number of nitriles is 1. The number of amides is 1. The van der Waals surface area contributed by atoms with Gasteiger partial charge < -0.3 is 19.5 Å². The summed E-state index contributed by atoms with van der Waals surface area (Å²) >= 11 is 12.4. The lowest BCUT2D eigenvalue weighted by atomic mass is 10.1. The molecule has 3 aromatic rings. The number of ether oxygens (including phenoxy) is 3. The number of carbonyl (C=O) groups is 1. The highest BCUT2D eigenvalue weighted by Gasteiger charge is 2.15. The van der Waals surface area contributed by atoms with Crippen LogP contribution in [0.4, 0.5) is 5.69 Å². The molecule has 0 bridgehead atoms. The topological polar surface area (TPSA) is 80.6 Å². The summed E-state index contributed by atoms with van der Waals surface area (Å²) in [5, 5.41) is 13.1. The number of hydrogen-bond acceptors (Lipinski definition) is 5. The molecule has 168 valence electrons. The SMILES string of the molecule is COc1ccc(NC(=O)/C(C#N)=C/c2cc(Cl)c(OCc3cccc(Cl)c3)c(OC)c2)cc1. The second-order valence-corrected chi connectivity index (χ2v) is 7.65. The summed E-state index contributed by atoms with van der Waals surface area (Å²) in [5.41, 5.74) is 1.80. The van der Waals surface area contributed by atoms with Crippen molar-refractivity contribution in [2.75, 3.05) is 19.5 Å². The van der Waals surface area contributed by atoms with E-state index in [-0.39, 0.29) is 17.2 Å². The molecule has 33 heavy (non-hydrogen) atoms. The summed E-state index contributed by atoms with van der Waals surface area (Å²) in [6.45, 7) is 0.236. The van der Waals surface area contributed by atoms with E-state index in [2.05, 4.69) is 5.32 Å². The highest BCUT2D eigenvalue weighted by atomic mass is 35.5. The van der Waals surface area contributed by atoms with Crippen LogP contribution in [-0.4, -0.2) is 20.1 Å². The summed E-state index contributed by atoms with van der Waals surface area (Å²) in [6.07, 6.45) is 1.42. The van der Waals surface area contributed by atoms with Crippen LogP contribution in [0.2, 0.25) is 10.0 Å². The minimum atomic E-state index is -0.556. The van der Waals surface area contributed by atoms with Crippen molar-refractivity contribution in [3.8, 4) is 23.3 Å². The van der Waals surface area contributed by atoms with Gasteiger partial charge in [-0.05, 0) is 65.7 Å². The van der Waals surface area contributed by atoms with Gasteiger partial charge in [0.25, 0.3) is 5.91 Å². The van der Waals surface area contributed by atoms with Crippen molar-refractivity contribution in [1.29, 1.82) is 5.26 Å². The van der Waals surface area contributed by atoms with Crippen molar-refractivity contribution < 1.29 is 19.0 Å². The number of hydrogen-bond donors (Lipinski definition) is 1. The Morgan fingerprint density at radius 1 is 1.06 bits per heavy atom. The van der Waals surface area contributed by atoms with E-state index >= 15 is 0 Å². The number of methoxy groups -OCH3 is 2. The summed E-state index contributed by atoms with van der Waals surface area (Å²) in [4.78, 5) is 12.6. The number of nitrogens with one attached hydrogen (secondary N) is 1. The molecule has 0 spiro atoms. The smallest absolute Gasteiger partial charge is 0.266 e. The van der Waals surface area contributed by atoms with Gasteiger partial charge in [0, 0.05) is 10.7 Å². The molecule has 0 aromatic heterocycles. The Morgan fingerprint density at radius 3 is 2.45 bits per heavy atom. The maximum atomic E-state index is 12.6. The van der Waals surface area contributed by atoms with E-state index in [1.165, 1.54) is 13.2 Å². The molecule has 3 rings (SSSR count). The number of halogens is 2. The first kappa shape index (κ1) is 24.0. The first-order chi connectivity index (χ1) is 15.9. The van der Waals surface area contributed by atoms with E-state index in [9.17, 15) is 10.1 Å². The quantitative estimate of drug-likeness (QED) is 0.308. The number of nitrogens with zero attached hydrogens (tertiary/aromatic N) is 1. The van der Waals surface area contributed by atoms with Crippen molar-refractivity contribution in [3.63, 3.8) is 0 Å². The molecule has 0 fully saturated rings. The number of anilines is 1. The van der Waals surface area contributed by atoms with Crippen LogP contribution in [0.25, 0.3) is 6.08 Å². The Hall–Kier alpha value is -3.66. The molecule has 0 aliphatic heterocycles. The van der Waals surface area contributed by atoms with Crippen LogP contribution < -0.4 is 19.5 Å². The van der Waals surface area contributed by atoms with Crippen molar-refractivity contribution in [3.05, 3.63) is 87.4 Å². The Labute approximate surface area is 201 Å². The van der Waals surface area contributed by atoms with Gasteiger partial charge in [-0.2, -0.15) is 5.26 Å². The lowest BCUT2D eigenvalue weighted by Gasteiger charge is -2.14. The molecule has 0 aliphatic carbocycles. The van der Waals surface area contributed by atoms with Crippen LogP contribution in [-0.2, 0) is 11.4 Å². The maximum Gasteiger partial charge on any atom is 0.266 e. The second-order valence-electron chi connectivity index (χ2n) is 6.81. The maximum absolute atomic E-state index is 12.6. The summed E-state index contributed by atoms with van der Waals surface area (Å²) < 4.78 is 16.3. The molecule has 0 atom stereocenters. The first-order valence-corrected chi connectivity index (χ1v) is 10.5. The van der Waals surface area contributed by atoms with E-state index in [1.807, 2.05) is 18.2 Å². The molecule has 0 radical (unpaired) electrons. The van der Waals surface area contributed by atoms with Gasteiger partial charge in [-0.25, -0.2) is 0 Å². The average molecular weight is 483 g/mol. The first-order valence-electron chi connectivity index (χ1n) is 9.75. The van der Waals surface area contributed by atoms with Crippen molar-refractivity contribution in [1.82, 2.24) is 0 Å². The molecule has 0 aliphatic rings. The summed E-state index contributed by atoms with van der Waals surface area (Å²) in [5.74, 6) is 0.809. The van der Waals surface area contributed by atoms with Crippen LogP contribution in [0, 0.1) is 11.3 Å². The predicted molar refractivity (Wildman–Crippen MR) is 129 cm³/mol. The van der Waals surface area contributed by atoms with E-state index in [0.29, 0.717) is 33.5 Å². The molecule has 0 unspecified atom stereocenters. The van der Waals surface area contributed by atoms with E-state index in [4.69, 9.17) is 37.4 Å². The third-order valence-corrected chi connectivity index (χ3v) is 5.06. The van der Waals surface area contributed by atoms with Crippen LogP contribution in [0.3, 0.4) is 0 Å². The molecular formula is C25H20Cl2N2O4. The van der Waals surface area contributed by atoms with Gasteiger partial charge in [0.2, 0.25) is 0 Å². The lowest BCUT2D eigenvalue weighted by molar-refractivity contribution is -0.112. The number of carbonyl (C=O) groups excluding carboxylic acids is 1. The Bertz CT molecular complexity index is 1220. The zero-order chi connectivity index (χ0) is 23.8. The molecule has 6 nitrogen and oxygen atoms in total. The minimum absolute atomic E-state index is 0.100. The zero-order valence-electron chi connectivity index (χ0n) is 17.9. The second kappa shape index (κ2) is 11.3. The molecule has 0 heterocycles. The normalized spacial score (nSPS) is 10.8. The van der Waals surface area contributed by atoms with Crippen LogP contribution in [0.15, 0.2) is 66.2 Å². The van der Waals surface area contributed by atoms with Crippen LogP contribution in [0.5, 0.6) is 17.2 Å². The van der Waals surface area contributed by atoms with Crippen LogP contribution >= 0.6 is 23.2 Å².